The molecule has 0 unspecified atom stereocenters. The minimum atomic E-state index is 1.15. The SMILES string of the molecule is CCCCCCCCCCCCCCCC/C=C/CC/C=C/Br. The van der Waals surface area contributed by atoms with E-state index in [1.807, 2.05) is 4.99 Å². The number of halogens is 1. The van der Waals surface area contributed by atoms with Crippen LogP contribution in [0.1, 0.15) is 116 Å². The van der Waals surface area contributed by atoms with Crippen LogP contribution in [0.3, 0.4) is 0 Å². The minimum Gasteiger partial charge on any atom is -0.0885 e. The van der Waals surface area contributed by atoms with Gasteiger partial charge in [0.05, 0.1) is 0 Å². The fraction of sp³-hybridized carbons (Fsp3) is 0.818. The Morgan fingerprint density at radius 2 is 0.870 bits per heavy atom. The zero-order valence-electron chi connectivity index (χ0n) is 15.7. The molecule has 0 fully saturated rings. The number of hydrogen-bond donors (Lipinski definition) is 0. The van der Waals surface area contributed by atoms with Gasteiger partial charge in [-0.15, -0.1) is 0 Å². The van der Waals surface area contributed by atoms with E-state index >= 15 is 0 Å². The maximum Gasteiger partial charge on any atom is -0.0229 e. The molecular formula is C22H41Br. The summed E-state index contributed by atoms with van der Waals surface area (Å²) in [6, 6.07) is 0. The highest BCUT2D eigenvalue weighted by Gasteiger charge is 1.93. The Morgan fingerprint density at radius 1 is 0.478 bits per heavy atom. The van der Waals surface area contributed by atoms with Crippen molar-refractivity contribution >= 4 is 15.9 Å². The molecule has 0 saturated carbocycles. The molecule has 0 aliphatic carbocycles. The Hall–Kier alpha value is -0.0400. The van der Waals surface area contributed by atoms with Gasteiger partial charge < -0.3 is 0 Å². The minimum absolute atomic E-state index is 1.15. The Balaban J connectivity index is 3.02. The number of unbranched alkanes of at least 4 members (excludes halogenated alkanes) is 15. The van der Waals surface area contributed by atoms with Crippen LogP contribution in [0.25, 0.3) is 0 Å². The molecule has 23 heavy (non-hydrogen) atoms. The largest absolute Gasteiger partial charge is 0.0885 e. The lowest BCUT2D eigenvalue weighted by molar-refractivity contribution is 0.536. The van der Waals surface area contributed by atoms with Gasteiger partial charge in [0.25, 0.3) is 0 Å². The van der Waals surface area contributed by atoms with Crippen LogP contribution in [0.5, 0.6) is 0 Å². The van der Waals surface area contributed by atoms with Crippen LogP contribution in [0, 0.1) is 0 Å². The van der Waals surface area contributed by atoms with Gasteiger partial charge in [-0.1, -0.05) is 125 Å². The van der Waals surface area contributed by atoms with E-state index in [1.54, 1.807) is 0 Å². The molecule has 0 bridgehead atoms. The van der Waals surface area contributed by atoms with Gasteiger partial charge in [0.1, 0.15) is 0 Å². The van der Waals surface area contributed by atoms with Crippen LogP contribution >= 0.6 is 15.9 Å². The zero-order chi connectivity index (χ0) is 16.8. The summed E-state index contributed by atoms with van der Waals surface area (Å²) in [6.07, 6.45) is 30.7. The van der Waals surface area contributed by atoms with E-state index in [0.717, 1.165) is 6.42 Å². The molecule has 0 spiro atoms. The normalized spacial score (nSPS) is 11.9. The Bertz CT molecular complexity index is 255. The van der Waals surface area contributed by atoms with Crippen LogP contribution in [-0.2, 0) is 0 Å². The summed E-state index contributed by atoms with van der Waals surface area (Å²) in [6.45, 7) is 2.29. The first-order chi connectivity index (χ1) is 11.4. The van der Waals surface area contributed by atoms with Crippen LogP contribution in [0.4, 0.5) is 0 Å². The predicted octanol–water partition coefficient (Wildman–Crippen LogP) is 9.10. The first kappa shape index (κ1) is 23.0. The Kier molecular flexibility index (Phi) is 21.9. The predicted molar refractivity (Wildman–Crippen MR) is 111 cm³/mol. The second kappa shape index (κ2) is 22.0. The summed E-state index contributed by atoms with van der Waals surface area (Å²) < 4.78 is 0. The lowest BCUT2D eigenvalue weighted by Crippen LogP contribution is -1.83. The van der Waals surface area contributed by atoms with Gasteiger partial charge in [-0.3, -0.25) is 0 Å². The van der Waals surface area contributed by atoms with Crippen LogP contribution < -0.4 is 0 Å². The first-order valence-corrected chi connectivity index (χ1v) is 11.2. The van der Waals surface area contributed by atoms with E-state index in [1.165, 1.54) is 103 Å². The molecule has 0 radical (unpaired) electrons. The van der Waals surface area contributed by atoms with E-state index in [0.29, 0.717) is 0 Å². The van der Waals surface area contributed by atoms with Crippen molar-refractivity contribution in [3.8, 4) is 0 Å². The van der Waals surface area contributed by atoms with Crippen molar-refractivity contribution in [2.24, 2.45) is 0 Å². The summed E-state index contributed by atoms with van der Waals surface area (Å²) in [5.74, 6) is 0. The summed E-state index contributed by atoms with van der Waals surface area (Å²) in [5.41, 5.74) is 0. The second-order valence-electron chi connectivity index (χ2n) is 6.80. The topological polar surface area (TPSA) is 0 Å². The highest BCUT2D eigenvalue weighted by Crippen LogP contribution is 2.13. The molecule has 0 nitrogen and oxygen atoms in total. The lowest BCUT2D eigenvalue weighted by Gasteiger charge is -2.02. The van der Waals surface area contributed by atoms with Gasteiger partial charge in [-0.2, -0.15) is 0 Å². The molecule has 0 amide bonds. The number of allylic oxidation sites excluding steroid dienone is 3. The van der Waals surface area contributed by atoms with Gasteiger partial charge in [0.2, 0.25) is 0 Å². The third-order valence-electron chi connectivity index (χ3n) is 4.48. The molecule has 0 aromatic carbocycles. The van der Waals surface area contributed by atoms with Crippen molar-refractivity contribution in [2.75, 3.05) is 0 Å². The molecule has 0 aliphatic rings. The number of rotatable bonds is 18. The molecule has 0 N–H and O–H groups in total. The van der Waals surface area contributed by atoms with Crippen molar-refractivity contribution in [3.05, 3.63) is 23.2 Å². The van der Waals surface area contributed by atoms with E-state index in [-0.39, 0.29) is 0 Å². The molecular weight excluding hydrogens is 344 g/mol. The standard InChI is InChI=1S/C22H41Br/c1-2-3-4-5-6-7-8-9-10-11-12-13-14-15-16-17-18-19-20-21-22-23/h17-18,21-22H,2-16,19-20H2,1H3/b18-17+,22-21+. The first-order valence-electron chi connectivity index (χ1n) is 10.3. The third kappa shape index (κ3) is 22.0. The summed E-state index contributed by atoms with van der Waals surface area (Å²) in [7, 11) is 0. The molecule has 1 heteroatoms. The number of hydrogen-bond acceptors (Lipinski definition) is 0. The lowest BCUT2D eigenvalue weighted by atomic mass is 10.0. The van der Waals surface area contributed by atoms with Crippen molar-refractivity contribution in [2.45, 2.75) is 116 Å². The van der Waals surface area contributed by atoms with E-state index in [9.17, 15) is 0 Å². The van der Waals surface area contributed by atoms with Crippen molar-refractivity contribution in [3.63, 3.8) is 0 Å². The Morgan fingerprint density at radius 3 is 1.35 bits per heavy atom. The smallest absolute Gasteiger partial charge is 0.0229 e. The fourth-order valence-corrected chi connectivity index (χ4v) is 3.21. The molecule has 0 atom stereocenters. The Labute approximate surface area is 155 Å². The van der Waals surface area contributed by atoms with E-state index < -0.39 is 0 Å². The van der Waals surface area contributed by atoms with Crippen LogP contribution in [-0.4, -0.2) is 0 Å². The van der Waals surface area contributed by atoms with Gasteiger partial charge in [-0.05, 0) is 30.7 Å². The molecule has 0 aromatic heterocycles. The van der Waals surface area contributed by atoms with Crippen molar-refractivity contribution in [1.29, 1.82) is 0 Å². The van der Waals surface area contributed by atoms with Crippen LogP contribution in [0.2, 0.25) is 0 Å². The molecule has 0 aliphatic heterocycles. The highest BCUT2D eigenvalue weighted by atomic mass is 79.9. The van der Waals surface area contributed by atoms with Gasteiger partial charge in [0.15, 0.2) is 0 Å². The zero-order valence-corrected chi connectivity index (χ0v) is 17.3. The summed E-state index contributed by atoms with van der Waals surface area (Å²) in [5, 5.41) is 0. The maximum atomic E-state index is 3.30. The third-order valence-corrected chi connectivity index (χ3v) is 4.85. The van der Waals surface area contributed by atoms with E-state index in [2.05, 4.69) is 41.1 Å². The monoisotopic (exact) mass is 384 g/mol. The van der Waals surface area contributed by atoms with Gasteiger partial charge >= 0.3 is 0 Å². The quantitative estimate of drug-likeness (QED) is 0.163. The molecule has 0 aromatic rings. The van der Waals surface area contributed by atoms with Gasteiger partial charge in [0, 0.05) is 0 Å². The van der Waals surface area contributed by atoms with Gasteiger partial charge in [-0.25, -0.2) is 0 Å². The summed E-state index contributed by atoms with van der Waals surface area (Å²) >= 11 is 3.30. The molecule has 136 valence electrons. The average molecular weight is 385 g/mol. The molecule has 0 heterocycles. The van der Waals surface area contributed by atoms with Crippen molar-refractivity contribution < 1.29 is 0 Å². The highest BCUT2D eigenvalue weighted by molar-refractivity contribution is 9.11. The second-order valence-corrected chi connectivity index (χ2v) is 7.32. The maximum absolute atomic E-state index is 3.30. The summed E-state index contributed by atoms with van der Waals surface area (Å²) in [4.78, 5) is 1.95. The molecule has 0 rings (SSSR count). The average Bonchev–Trinajstić information content (AvgIpc) is 2.57. The van der Waals surface area contributed by atoms with Crippen LogP contribution in [0.15, 0.2) is 23.2 Å². The van der Waals surface area contributed by atoms with Crippen molar-refractivity contribution in [1.82, 2.24) is 0 Å². The molecule has 0 saturated heterocycles. The fourth-order valence-electron chi connectivity index (χ4n) is 2.95. The van der Waals surface area contributed by atoms with E-state index in [4.69, 9.17) is 0 Å².